The van der Waals surface area contributed by atoms with E-state index in [1.807, 2.05) is 0 Å². The number of aliphatic carboxylic acids is 1. The van der Waals surface area contributed by atoms with Gasteiger partial charge in [-0.1, -0.05) is 0 Å². The van der Waals surface area contributed by atoms with Gasteiger partial charge in [0.25, 0.3) is 0 Å². The minimum Gasteiger partial charge on any atom is -0.481 e. The van der Waals surface area contributed by atoms with E-state index >= 15 is 0 Å². The van der Waals surface area contributed by atoms with Crippen LogP contribution in [0.25, 0.3) is 0 Å². The van der Waals surface area contributed by atoms with Crippen molar-refractivity contribution in [2.75, 3.05) is 6.54 Å². The molecule has 1 aliphatic heterocycles. The summed E-state index contributed by atoms with van der Waals surface area (Å²) in [5, 5.41) is 11.8. The summed E-state index contributed by atoms with van der Waals surface area (Å²) in [7, 11) is 0. The van der Waals surface area contributed by atoms with Gasteiger partial charge in [-0.15, -0.1) is 0 Å². The van der Waals surface area contributed by atoms with Crippen LogP contribution in [-0.4, -0.2) is 23.5 Å². The van der Waals surface area contributed by atoms with Crippen LogP contribution < -0.4 is 5.32 Å². The number of carbonyl (C=O) groups excluding carboxylic acids is 1. The van der Waals surface area contributed by atoms with Gasteiger partial charge in [-0.2, -0.15) is 0 Å². The van der Waals surface area contributed by atoms with Crippen LogP contribution in [0, 0.1) is 17.8 Å². The van der Waals surface area contributed by atoms with Gasteiger partial charge < -0.3 is 10.4 Å². The quantitative estimate of drug-likeness (QED) is 0.746. The van der Waals surface area contributed by atoms with Gasteiger partial charge in [0.05, 0.1) is 5.92 Å². The highest BCUT2D eigenvalue weighted by molar-refractivity contribution is 5.79. The maximum atomic E-state index is 11.7. The second-order valence-corrected chi connectivity index (χ2v) is 4.99. The van der Waals surface area contributed by atoms with Crippen molar-refractivity contribution in [1.29, 1.82) is 0 Å². The van der Waals surface area contributed by atoms with Crippen LogP contribution in [-0.2, 0) is 9.59 Å². The molecule has 2 N–H and O–H groups in total. The van der Waals surface area contributed by atoms with E-state index in [1.165, 1.54) is 0 Å². The molecule has 0 bridgehead atoms. The highest BCUT2D eigenvalue weighted by atomic mass is 16.4. The zero-order valence-electron chi connectivity index (χ0n) is 9.45. The fourth-order valence-corrected chi connectivity index (χ4v) is 3.01. The van der Waals surface area contributed by atoms with Crippen molar-refractivity contribution in [2.24, 2.45) is 17.8 Å². The summed E-state index contributed by atoms with van der Waals surface area (Å²) >= 11 is 0. The van der Waals surface area contributed by atoms with E-state index in [2.05, 4.69) is 5.32 Å². The van der Waals surface area contributed by atoms with E-state index in [-0.39, 0.29) is 17.7 Å². The Morgan fingerprint density at radius 3 is 2.44 bits per heavy atom. The van der Waals surface area contributed by atoms with Crippen LogP contribution in [0.5, 0.6) is 0 Å². The Morgan fingerprint density at radius 2 is 1.88 bits per heavy atom. The molecule has 1 atom stereocenters. The van der Waals surface area contributed by atoms with Gasteiger partial charge in [-0.05, 0) is 44.4 Å². The van der Waals surface area contributed by atoms with Gasteiger partial charge in [-0.3, -0.25) is 9.59 Å². The van der Waals surface area contributed by atoms with Crippen LogP contribution in [0.1, 0.15) is 38.5 Å². The Balaban J connectivity index is 1.88. The molecule has 0 aromatic rings. The van der Waals surface area contributed by atoms with Gasteiger partial charge in [0.2, 0.25) is 5.91 Å². The zero-order chi connectivity index (χ0) is 11.5. The Hall–Kier alpha value is -1.06. The molecule has 1 saturated carbocycles. The van der Waals surface area contributed by atoms with Gasteiger partial charge in [0.15, 0.2) is 0 Å². The first kappa shape index (κ1) is 11.4. The first-order chi connectivity index (χ1) is 7.68. The van der Waals surface area contributed by atoms with E-state index in [1.54, 1.807) is 0 Å². The Labute approximate surface area is 95.4 Å². The number of amides is 1. The third kappa shape index (κ3) is 2.36. The Morgan fingerprint density at radius 1 is 1.19 bits per heavy atom. The Bertz CT molecular complexity index is 282. The molecule has 16 heavy (non-hydrogen) atoms. The molecule has 1 amide bonds. The fraction of sp³-hybridized carbons (Fsp3) is 0.833. The van der Waals surface area contributed by atoms with Crippen LogP contribution in [0.2, 0.25) is 0 Å². The molecule has 1 aliphatic carbocycles. The van der Waals surface area contributed by atoms with Crippen molar-refractivity contribution in [3.8, 4) is 0 Å². The van der Waals surface area contributed by atoms with Crippen LogP contribution in [0.4, 0.5) is 0 Å². The van der Waals surface area contributed by atoms with Crippen molar-refractivity contribution in [2.45, 2.75) is 38.5 Å². The first-order valence-electron chi connectivity index (χ1n) is 6.19. The lowest BCUT2D eigenvalue weighted by molar-refractivity contribution is -0.143. The van der Waals surface area contributed by atoms with Crippen molar-refractivity contribution < 1.29 is 14.7 Å². The summed E-state index contributed by atoms with van der Waals surface area (Å²) in [5.74, 6) is -0.112. The predicted molar refractivity (Wildman–Crippen MR) is 58.8 cm³/mol. The SMILES string of the molecule is O=C(O)C1CCC(C2CCCNC2=O)CC1. The summed E-state index contributed by atoms with van der Waals surface area (Å²) in [6.45, 7) is 0.805. The van der Waals surface area contributed by atoms with Crippen LogP contribution in [0.3, 0.4) is 0 Å². The molecule has 4 nitrogen and oxygen atoms in total. The van der Waals surface area contributed by atoms with E-state index in [0.29, 0.717) is 5.92 Å². The number of carboxylic acids is 1. The molecule has 2 rings (SSSR count). The average molecular weight is 225 g/mol. The fourth-order valence-electron chi connectivity index (χ4n) is 3.01. The van der Waals surface area contributed by atoms with Crippen molar-refractivity contribution in [3.63, 3.8) is 0 Å². The lowest BCUT2D eigenvalue weighted by atomic mass is 9.73. The maximum absolute atomic E-state index is 11.7. The van der Waals surface area contributed by atoms with E-state index in [4.69, 9.17) is 5.11 Å². The molecule has 0 spiro atoms. The van der Waals surface area contributed by atoms with Crippen LogP contribution >= 0.6 is 0 Å². The normalized spacial score (nSPS) is 35.5. The maximum Gasteiger partial charge on any atom is 0.306 e. The van der Waals surface area contributed by atoms with Crippen molar-refractivity contribution >= 4 is 11.9 Å². The van der Waals surface area contributed by atoms with Crippen molar-refractivity contribution in [1.82, 2.24) is 5.32 Å². The predicted octanol–water partition coefficient (Wildman–Crippen LogP) is 1.40. The lowest BCUT2D eigenvalue weighted by Crippen LogP contribution is -2.41. The highest BCUT2D eigenvalue weighted by Gasteiger charge is 2.34. The van der Waals surface area contributed by atoms with Gasteiger partial charge in [0, 0.05) is 12.5 Å². The number of hydrogen-bond acceptors (Lipinski definition) is 2. The second-order valence-electron chi connectivity index (χ2n) is 4.99. The van der Waals surface area contributed by atoms with Crippen molar-refractivity contribution in [3.05, 3.63) is 0 Å². The third-order valence-electron chi connectivity index (χ3n) is 4.02. The largest absolute Gasteiger partial charge is 0.481 e. The minimum absolute atomic E-state index is 0.142. The number of nitrogens with one attached hydrogen (secondary N) is 1. The first-order valence-corrected chi connectivity index (χ1v) is 6.19. The standard InChI is InChI=1S/C12H19NO3/c14-11-10(2-1-7-13-11)8-3-5-9(6-4-8)12(15)16/h8-10H,1-7H2,(H,13,14)(H,15,16). The molecule has 1 saturated heterocycles. The molecule has 2 aliphatic rings. The zero-order valence-corrected chi connectivity index (χ0v) is 9.45. The molecule has 1 heterocycles. The topological polar surface area (TPSA) is 66.4 Å². The molecule has 0 aromatic carbocycles. The number of carboxylic acid groups (broad SMARTS) is 1. The summed E-state index contributed by atoms with van der Waals surface area (Å²) < 4.78 is 0. The smallest absolute Gasteiger partial charge is 0.306 e. The van der Waals surface area contributed by atoms with E-state index in [0.717, 1.165) is 45.1 Å². The lowest BCUT2D eigenvalue weighted by Gasteiger charge is -2.33. The highest BCUT2D eigenvalue weighted by Crippen LogP contribution is 2.36. The number of piperidine rings is 1. The van der Waals surface area contributed by atoms with Gasteiger partial charge in [0.1, 0.15) is 0 Å². The summed E-state index contributed by atoms with van der Waals surface area (Å²) in [6, 6.07) is 0. The molecule has 90 valence electrons. The minimum atomic E-state index is -0.674. The third-order valence-corrected chi connectivity index (χ3v) is 4.02. The molecular weight excluding hydrogens is 206 g/mol. The number of carbonyl (C=O) groups is 2. The van der Waals surface area contributed by atoms with Crippen LogP contribution in [0.15, 0.2) is 0 Å². The molecular formula is C12H19NO3. The van der Waals surface area contributed by atoms with E-state index in [9.17, 15) is 9.59 Å². The number of rotatable bonds is 2. The Kier molecular flexibility index (Phi) is 3.46. The molecule has 1 unspecified atom stereocenters. The summed E-state index contributed by atoms with van der Waals surface area (Å²) in [4.78, 5) is 22.5. The van der Waals surface area contributed by atoms with Gasteiger partial charge in [-0.25, -0.2) is 0 Å². The van der Waals surface area contributed by atoms with Gasteiger partial charge >= 0.3 is 5.97 Å². The number of hydrogen-bond donors (Lipinski definition) is 2. The molecule has 0 radical (unpaired) electrons. The summed E-state index contributed by atoms with van der Waals surface area (Å²) in [5.41, 5.74) is 0. The molecule has 0 aromatic heterocycles. The molecule has 2 fully saturated rings. The monoisotopic (exact) mass is 225 g/mol. The second kappa shape index (κ2) is 4.85. The van der Waals surface area contributed by atoms with E-state index < -0.39 is 5.97 Å². The molecule has 4 heteroatoms. The average Bonchev–Trinajstić information content (AvgIpc) is 2.30. The summed E-state index contributed by atoms with van der Waals surface area (Å²) in [6.07, 6.45) is 5.32.